The van der Waals surface area contributed by atoms with E-state index in [9.17, 15) is 9.00 Å². The Bertz CT molecular complexity index is 778. The van der Waals surface area contributed by atoms with E-state index in [4.69, 9.17) is 0 Å². The number of rotatable bonds is 4. The second-order valence-corrected chi connectivity index (χ2v) is 6.74. The van der Waals surface area contributed by atoms with Crippen LogP contribution in [0.5, 0.6) is 0 Å². The predicted octanol–water partition coefficient (Wildman–Crippen LogP) is 3.05. The van der Waals surface area contributed by atoms with Crippen LogP contribution < -0.4 is 10.2 Å². The number of carbonyl (C=O) groups excluding carboxylic acids is 1. The molecule has 0 fully saturated rings. The van der Waals surface area contributed by atoms with Gasteiger partial charge in [0, 0.05) is 52.0 Å². The van der Waals surface area contributed by atoms with Crippen molar-refractivity contribution >= 4 is 28.1 Å². The second-order valence-electron chi connectivity index (χ2n) is 5.36. The summed E-state index contributed by atoms with van der Waals surface area (Å²) in [5, 5.41) is 2.86. The van der Waals surface area contributed by atoms with Crippen LogP contribution in [0.4, 0.5) is 11.4 Å². The van der Waals surface area contributed by atoms with Gasteiger partial charge in [-0.05, 0) is 36.4 Å². The average molecular weight is 326 g/mol. The molecule has 1 heterocycles. The zero-order chi connectivity index (χ0) is 16.2. The van der Waals surface area contributed by atoms with E-state index < -0.39 is 10.8 Å². The molecule has 1 aliphatic rings. The molecule has 23 heavy (non-hydrogen) atoms. The molecule has 1 atom stereocenters. The first-order chi connectivity index (χ1) is 11.1. The van der Waals surface area contributed by atoms with Gasteiger partial charge in [-0.2, -0.15) is 0 Å². The summed E-state index contributed by atoms with van der Waals surface area (Å²) in [5.74, 6) is -0.168. The van der Waals surface area contributed by atoms with Gasteiger partial charge in [-0.15, -0.1) is 0 Å². The molecule has 3 rings (SSSR count). The highest BCUT2D eigenvalue weighted by atomic mass is 32.2. The first-order valence-corrected chi connectivity index (χ1v) is 8.94. The van der Waals surface area contributed by atoms with E-state index in [1.807, 2.05) is 18.2 Å². The van der Waals surface area contributed by atoms with Crippen LogP contribution in [0, 0.1) is 0 Å². The SMILES string of the molecule is CS(=O)c1cccc(NC(=O)c2cccc(N3CC=CC3)c2)c1. The zero-order valence-corrected chi connectivity index (χ0v) is 13.7. The van der Waals surface area contributed by atoms with Crippen LogP contribution in [-0.4, -0.2) is 29.5 Å². The van der Waals surface area contributed by atoms with Crippen molar-refractivity contribution in [2.45, 2.75) is 4.90 Å². The van der Waals surface area contributed by atoms with Crippen molar-refractivity contribution in [1.29, 1.82) is 0 Å². The van der Waals surface area contributed by atoms with Gasteiger partial charge < -0.3 is 10.2 Å². The lowest BCUT2D eigenvalue weighted by molar-refractivity contribution is 0.102. The maximum atomic E-state index is 12.4. The molecule has 1 amide bonds. The number of hydrogen-bond acceptors (Lipinski definition) is 3. The molecule has 0 spiro atoms. The summed E-state index contributed by atoms with van der Waals surface area (Å²) in [5.41, 5.74) is 2.29. The van der Waals surface area contributed by atoms with Gasteiger partial charge in [0.25, 0.3) is 5.91 Å². The molecule has 0 bridgehead atoms. The second kappa shape index (κ2) is 6.79. The third kappa shape index (κ3) is 3.68. The molecule has 4 nitrogen and oxygen atoms in total. The van der Waals surface area contributed by atoms with Gasteiger partial charge in [-0.1, -0.05) is 24.3 Å². The van der Waals surface area contributed by atoms with Crippen molar-refractivity contribution in [2.24, 2.45) is 0 Å². The Morgan fingerprint density at radius 2 is 1.83 bits per heavy atom. The van der Waals surface area contributed by atoms with Crippen molar-refractivity contribution in [3.05, 3.63) is 66.2 Å². The maximum absolute atomic E-state index is 12.4. The molecule has 0 aromatic heterocycles. The molecule has 2 aromatic carbocycles. The highest BCUT2D eigenvalue weighted by Gasteiger charge is 2.12. The summed E-state index contributed by atoms with van der Waals surface area (Å²) in [6.45, 7) is 1.74. The number of nitrogens with one attached hydrogen (secondary N) is 1. The Labute approximate surface area is 138 Å². The average Bonchev–Trinajstić information content (AvgIpc) is 3.10. The van der Waals surface area contributed by atoms with Crippen molar-refractivity contribution in [2.75, 3.05) is 29.6 Å². The minimum absolute atomic E-state index is 0.168. The molecule has 0 saturated carbocycles. The molecule has 5 heteroatoms. The van der Waals surface area contributed by atoms with Crippen molar-refractivity contribution < 1.29 is 9.00 Å². The number of carbonyl (C=O) groups is 1. The van der Waals surface area contributed by atoms with Gasteiger partial charge in [0.15, 0.2) is 0 Å². The van der Waals surface area contributed by atoms with Crippen molar-refractivity contribution in [1.82, 2.24) is 0 Å². The zero-order valence-electron chi connectivity index (χ0n) is 12.9. The highest BCUT2D eigenvalue weighted by molar-refractivity contribution is 7.84. The largest absolute Gasteiger partial charge is 0.364 e. The van der Waals surface area contributed by atoms with Crippen molar-refractivity contribution in [3.63, 3.8) is 0 Å². The monoisotopic (exact) mass is 326 g/mol. The van der Waals surface area contributed by atoms with Crippen LogP contribution in [-0.2, 0) is 10.8 Å². The summed E-state index contributed by atoms with van der Waals surface area (Å²) >= 11 is 0. The van der Waals surface area contributed by atoms with E-state index in [1.54, 1.807) is 36.6 Å². The van der Waals surface area contributed by atoms with Gasteiger partial charge in [0.05, 0.1) is 0 Å². The van der Waals surface area contributed by atoms with Crippen LogP contribution in [0.25, 0.3) is 0 Å². The molecule has 1 aliphatic heterocycles. The van der Waals surface area contributed by atoms with Crippen LogP contribution in [0.1, 0.15) is 10.4 Å². The molecule has 0 radical (unpaired) electrons. The van der Waals surface area contributed by atoms with Gasteiger partial charge in [0.2, 0.25) is 0 Å². The fourth-order valence-electron chi connectivity index (χ4n) is 2.49. The molecule has 118 valence electrons. The predicted molar refractivity (Wildman–Crippen MR) is 94.5 cm³/mol. The van der Waals surface area contributed by atoms with E-state index in [2.05, 4.69) is 22.4 Å². The first kappa shape index (κ1) is 15.5. The van der Waals surface area contributed by atoms with E-state index in [-0.39, 0.29) is 5.91 Å². The maximum Gasteiger partial charge on any atom is 0.255 e. The van der Waals surface area contributed by atoms with Crippen LogP contribution in [0.2, 0.25) is 0 Å². The first-order valence-electron chi connectivity index (χ1n) is 7.38. The van der Waals surface area contributed by atoms with E-state index in [1.165, 1.54) is 0 Å². The standard InChI is InChI=1S/C18H18N2O2S/c1-23(22)17-9-5-7-15(13-17)19-18(21)14-6-4-8-16(12-14)20-10-2-3-11-20/h2-9,12-13H,10-11H2,1H3,(H,19,21). The molecule has 0 saturated heterocycles. The molecular formula is C18H18N2O2S. The summed E-state index contributed by atoms with van der Waals surface area (Å²) in [4.78, 5) is 15.3. The van der Waals surface area contributed by atoms with Crippen molar-refractivity contribution in [3.8, 4) is 0 Å². The van der Waals surface area contributed by atoms with Gasteiger partial charge in [-0.25, -0.2) is 0 Å². The van der Waals surface area contributed by atoms with Crippen LogP contribution >= 0.6 is 0 Å². The Morgan fingerprint density at radius 3 is 2.57 bits per heavy atom. The fourth-order valence-corrected chi connectivity index (χ4v) is 3.05. The summed E-state index contributed by atoms with van der Waals surface area (Å²) < 4.78 is 11.5. The summed E-state index contributed by atoms with van der Waals surface area (Å²) in [7, 11) is -1.07. The van der Waals surface area contributed by atoms with Crippen LogP contribution in [0.3, 0.4) is 0 Å². The Morgan fingerprint density at radius 1 is 1.09 bits per heavy atom. The number of hydrogen-bond donors (Lipinski definition) is 1. The third-order valence-electron chi connectivity index (χ3n) is 3.72. The van der Waals surface area contributed by atoms with Gasteiger partial charge >= 0.3 is 0 Å². The molecule has 1 unspecified atom stereocenters. The smallest absolute Gasteiger partial charge is 0.255 e. The lowest BCUT2D eigenvalue weighted by Crippen LogP contribution is -2.19. The summed E-state index contributed by atoms with van der Waals surface area (Å²) in [6, 6.07) is 14.7. The number of amides is 1. The lowest BCUT2D eigenvalue weighted by Gasteiger charge is -2.18. The van der Waals surface area contributed by atoms with E-state index >= 15 is 0 Å². The van der Waals surface area contributed by atoms with Gasteiger partial charge in [0.1, 0.15) is 0 Å². The summed E-state index contributed by atoms with van der Waals surface area (Å²) in [6.07, 6.45) is 5.85. The third-order valence-corrected chi connectivity index (χ3v) is 4.63. The molecule has 2 aromatic rings. The molecule has 0 aliphatic carbocycles. The Balaban J connectivity index is 1.77. The molecule has 1 N–H and O–H groups in total. The topological polar surface area (TPSA) is 49.4 Å². The quantitative estimate of drug-likeness (QED) is 0.879. The van der Waals surface area contributed by atoms with Gasteiger partial charge in [-0.3, -0.25) is 9.00 Å². The van der Waals surface area contributed by atoms with E-state index in [0.29, 0.717) is 16.1 Å². The fraction of sp³-hybridized carbons (Fsp3) is 0.167. The molecular weight excluding hydrogens is 308 g/mol. The highest BCUT2D eigenvalue weighted by Crippen LogP contribution is 2.20. The normalized spacial score (nSPS) is 14.7. The Hall–Kier alpha value is -2.40. The Kier molecular flexibility index (Phi) is 4.57. The minimum Gasteiger partial charge on any atom is -0.364 e. The minimum atomic E-state index is -1.07. The lowest BCUT2D eigenvalue weighted by atomic mass is 10.1. The van der Waals surface area contributed by atoms with Crippen LogP contribution in [0.15, 0.2) is 65.6 Å². The van der Waals surface area contributed by atoms with E-state index in [0.717, 1.165) is 18.8 Å². The number of nitrogens with zero attached hydrogens (tertiary/aromatic N) is 1. The number of anilines is 2. The number of benzene rings is 2.